The van der Waals surface area contributed by atoms with Crippen LogP contribution < -0.4 is 0 Å². The summed E-state index contributed by atoms with van der Waals surface area (Å²) in [7, 11) is 0. The SMILES string of the molecule is C/C(=N\c1ccccc1)c1cccc(/C(C)=N/c2ccccc2)n1. The van der Waals surface area contributed by atoms with E-state index in [0.29, 0.717) is 0 Å². The van der Waals surface area contributed by atoms with Gasteiger partial charge in [-0.1, -0.05) is 42.5 Å². The molecule has 118 valence electrons. The van der Waals surface area contributed by atoms with Crippen molar-refractivity contribution in [3.8, 4) is 0 Å². The van der Waals surface area contributed by atoms with Crippen LogP contribution in [0.25, 0.3) is 0 Å². The largest absolute Gasteiger partial charge is 0.252 e. The summed E-state index contributed by atoms with van der Waals surface area (Å²) < 4.78 is 0. The van der Waals surface area contributed by atoms with Crippen LogP contribution in [0.1, 0.15) is 25.2 Å². The second kappa shape index (κ2) is 7.47. The van der Waals surface area contributed by atoms with Crippen LogP contribution in [0.4, 0.5) is 11.4 Å². The van der Waals surface area contributed by atoms with Crippen molar-refractivity contribution in [3.63, 3.8) is 0 Å². The molecule has 0 atom stereocenters. The molecule has 0 bridgehead atoms. The molecule has 0 spiro atoms. The van der Waals surface area contributed by atoms with Gasteiger partial charge in [-0.25, -0.2) is 4.98 Å². The number of benzene rings is 2. The Morgan fingerprint density at radius 2 is 1.00 bits per heavy atom. The van der Waals surface area contributed by atoms with Gasteiger partial charge < -0.3 is 0 Å². The second-order valence-electron chi connectivity index (χ2n) is 5.47. The van der Waals surface area contributed by atoms with Gasteiger partial charge in [0.1, 0.15) is 0 Å². The molecule has 0 fully saturated rings. The van der Waals surface area contributed by atoms with E-state index in [2.05, 4.69) is 9.98 Å². The van der Waals surface area contributed by atoms with Gasteiger partial charge in [0, 0.05) is 0 Å². The Hall–Kier alpha value is -3.07. The van der Waals surface area contributed by atoms with Gasteiger partial charge in [-0.3, -0.25) is 9.98 Å². The summed E-state index contributed by atoms with van der Waals surface area (Å²) in [6.07, 6.45) is 0. The maximum Gasteiger partial charge on any atom is 0.0849 e. The van der Waals surface area contributed by atoms with Crippen molar-refractivity contribution in [1.29, 1.82) is 0 Å². The molecule has 0 saturated heterocycles. The second-order valence-corrected chi connectivity index (χ2v) is 5.47. The van der Waals surface area contributed by atoms with Crippen molar-refractivity contribution in [1.82, 2.24) is 4.98 Å². The highest BCUT2D eigenvalue weighted by molar-refractivity contribution is 6.02. The number of para-hydroxylation sites is 2. The Balaban J connectivity index is 1.89. The van der Waals surface area contributed by atoms with Crippen molar-refractivity contribution < 1.29 is 0 Å². The van der Waals surface area contributed by atoms with Crippen LogP contribution in [0.2, 0.25) is 0 Å². The van der Waals surface area contributed by atoms with Gasteiger partial charge >= 0.3 is 0 Å². The molecule has 1 heterocycles. The molecule has 0 saturated carbocycles. The van der Waals surface area contributed by atoms with Gasteiger partial charge in [-0.05, 0) is 50.2 Å². The molecule has 3 heteroatoms. The molecule has 0 aliphatic carbocycles. The standard InChI is InChI=1S/C21H19N3/c1-16(22-18-10-5-3-6-11-18)20-14-9-15-21(24-20)17(2)23-19-12-7-4-8-13-19/h3-15H,1-2H3/b22-16+,23-17+. The molecule has 0 N–H and O–H groups in total. The van der Waals surface area contributed by atoms with E-state index in [4.69, 9.17) is 4.98 Å². The van der Waals surface area contributed by atoms with Crippen LogP contribution in [0.3, 0.4) is 0 Å². The minimum absolute atomic E-state index is 0.860. The van der Waals surface area contributed by atoms with Crippen molar-refractivity contribution in [2.75, 3.05) is 0 Å². The van der Waals surface area contributed by atoms with E-state index in [1.54, 1.807) is 0 Å². The maximum atomic E-state index is 4.70. The van der Waals surface area contributed by atoms with Crippen LogP contribution >= 0.6 is 0 Å². The van der Waals surface area contributed by atoms with E-state index in [1.807, 2.05) is 92.7 Å². The minimum atomic E-state index is 0.860. The molecule has 1 aromatic heterocycles. The fourth-order valence-corrected chi connectivity index (χ4v) is 2.34. The summed E-state index contributed by atoms with van der Waals surface area (Å²) in [5, 5.41) is 0. The van der Waals surface area contributed by atoms with Gasteiger partial charge in [0.15, 0.2) is 0 Å². The lowest BCUT2D eigenvalue weighted by Crippen LogP contribution is -2.04. The Bertz CT molecular complexity index is 795. The first-order chi connectivity index (χ1) is 11.7. The summed E-state index contributed by atoms with van der Waals surface area (Å²) in [5.41, 5.74) is 5.35. The van der Waals surface area contributed by atoms with Crippen molar-refractivity contribution in [3.05, 3.63) is 90.3 Å². The molecule has 3 aromatic rings. The first-order valence-corrected chi connectivity index (χ1v) is 7.91. The van der Waals surface area contributed by atoms with Gasteiger partial charge in [-0.15, -0.1) is 0 Å². The smallest absolute Gasteiger partial charge is 0.0849 e. The average molecular weight is 313 g/mol. The van der Waals surface area contributed by atoms with Crippen LogP contribution in [0.15, 0.2) is 88.8 Å². The zero-order chi connectivity index (χ0) is 16.8. The van der Waals surface area contributed by atoms with Crippen LogP contribution in [-0.2, 0) is 0 Å². The Labute approximate surface area is 142 Å². The van der Waals surface area contributed by atoms with Crippen LogP contribution in [0.5, 0.6) is 0 Å². The molecule has 0 amide bonds. The third kappa shape index (κ3) is 4.02. The molecule has 0 aliphatic heterocycles. The number of nitrogens with zero attached hydrogens (tertiary/aromatic N) is 3. The maximum absolute atomic E-state index is 4.70. The molecule has 3 rings (SSSR count). The molecule has 24 heavy (non-hydrogen) atoms. The first kappa shape index (κ1) is 15.8. The van der Waals surface area contributed by atoms with E-state index < -0.39 is 0 Å². The van der Waals surface area contributed by atoms with Crippen molar-refractivity contribution in [2.45, 2.75) is 13.8 Å². The predicted molar refractivity (Wildman–Crippen MR) is 101 cm³/mol. The van der Waals surface area contributed by atoms with E-state index in [-0.39, 0.29) is 0 Å². The third-order valence-corrected chi connectivity index (χ3v) is 3.60. The van der Waals surface area contributed by atoms with Gasteiger partial charge in [-0.2, -0.15) is 0 Å². The predicted octanol–water partition coefficient (Wildman–Crippen LogP) is 5.36. The number of aliphatic imine (C=N–C) groups is 2. The van der Waals surface area contributed by atoms with E-state index in [1.165, 1.54) is 0 Å². The number of pyridine rings is 1. The number of hydrogen-bond acceptors (Lipinski definition) is 3. The monoisotopic (exact) mass is 313 g/mol. The zero-order valence-corrected chi connectivity index (χ0v) is 13.8. The summed E-state index contributed by atoms with van der Waals surface area (Å²) in [6, 6.07) is 25.7. The molecule has 3 nitrogen and oxygen atoms in total. The van der Waals surface area contributed by atoms with Crippen LogP contribution in [-0.4, -0.2) is 16.4 Å². The van der Waals surface area contributed by atoms with Gasteiger partial charge in [0.25, 0.3) is 0 Å². The zero-order valence-electron chi connectivity index (χ0n) is 13.8. The highest BCUT2D eigenvalue weighted by atomic mass is 14.8. The molecule has 0 unspecified atom stereocenters. The number of aromatic nitrogens is 1. The Kier molecular flexibility index (Phi) is 4.92. The lowest BCUT2D eigenvalue weighted by molar-refractivity contribution is 1.24. The normalized spacial score (nSPS) is 12.2. The highest BCUT2D eigenvalue weighted by Crippen LogP contribution is 2.14. The van der Waals surface area contributed by atoms with E-state index >= 15 is 0 Å². The molecule has 0 aliphatic rings. The average Bonchev–Trinajstić information content (AvgIpc) is 2.63. The fraction of sp³-hybridized carbons (Fsp3) is 0.0952. The van der Waals surface area contributed by atoms with Gasteiger partial charge in [0.05, 0.1) is 34.2 Å². The third-order valence-electron chi connectivity index (χ3n) is 3.60. The van der Waals surface area contributed by atoms with Crippen LogP contribution in [0, 0.1) is 0 Å². The topological polar surface area (TPSA) is 37.6 Å². The lowest BCUT2D eigenvalue weighted by atomic mass is 10.2. The molecular formula is C21H19N3. The Morgan fingerprint density at radius 3 is 1.42 bits per heavy atom. The molecule has 2 aromatic carbocycles. The summed E-state index contributed by atoms with van der Waals surface area (Å²) >= 11 is 0. The minimum Gasteiger partial charge on any atom is -0.252 e. The first-order valence-electron chi connectivity index (χ1n) is 7.91. The quantitative estimate of drug-likeness (QED) is 0.597. The summed E-state index contributed by atoms with van der Waals surface area (Å²) in [5.74, 6) is 0. The summed E-state index contributed by atoms with van der Waals surface area (Å²) in [4.78, 5) is 14.0. The van der Waals surface area contributed by atoms with Gasteiger partial charge in [0.2, 0.25) is 0 Å². The fourth-order valence-electron chi connectivity index (χ4n) is 2.34. The molecular weight excluding hydrogens is 294 g/mol. The number of hydrogen-bond donors (Lipinski definition) is 0. The van der Waals surface area contributed by atoms with E-state index in [0.717, 1.165) is 34.2 Å². The molecule has 0 radical (unpaired) electrons. The lowest BCUT2D eigenvalue weighted by Gasteiger charge is -2.05. The highest BCUT2D eigenvalue weighted by Gasteiger charge is 2.04. The van der Waals surface area contributed by atoms with Crippen molar-refractivity contribution >= 4 is 22.8 Å². The number of rotatable bonds is 4. The summed E-state index contributed by atoms with van der Waals surface area (Å²) in [6.45, 7) is 3.95. The van der Waals surface area contributed by atoms with E-state index in [9.17, 15) is 0 Å². The van der Waals surface area contributed by atoms with Crippen molar-refractivity contribution in [2.24, 2.45) is 9.98 Å². The Morgan fingerprint density at radius 1 is 0.583 bits per heavy atom.